The molecule has 2 amide bonds. The first kappa shape index (κ1) is 20.7. The molecule has 2 atom stereocenters. The van der Waals surface area contributed by atoms with Gasteiger partial charge >= 0.3 is 0 Å². The molecule has 2 aliphatic rings. The van der Waals surface area contributed by atoms with Gasteiger partial charge in [0.2, 0.25) is 11.8 Å². The number of rotatable bonds is 4. The van der Waals surface area contributed by atoms with Crippen LogP contribution in [0.3, 0.4) is 0 Å². The van der Waals surface area contributed by atoms with Crippen LogP contribution in [0.2, 0.25) is 0 Å². The van der Waals surface area contributed by atoms with Crippen molar-refractivity contribution in [3.8, 4) is 0 Å². The molecule has 0 aromatic heterocycles. The molecule has 1 aliphatic carbocycles. The largest absolute Gasteiger partial charge is 0.378 e. The maximum Gasteiger partial charge on any atom is 0.227 e. The molecule has 26 heavy (non-hydrogen) atoms. The predicted octanol–water partition coefficient (Wildman–Crippen LogP) is 1.97. The Morgan fingerprint density at radius 1 is 1.15 bits per heavy atom. The summed E-state index contributed by atoms with van der Waals surface area (Å²) in [6.07, 6.45) is 4.08. The Hall–Kier alpha value is -1.63. The highest BCUT2D eigenvalue weighted by molar-refractivity contribution is 5.92. The van der Waals surface area contributed by atoms with E-state index in [9.17, 15) is 9.59 Å². The summed E-state index contributed by atoms with van der Waals surface area (Å²) in [5.41, 5.74) is 7.68. The van der Waals surface area contributed by atoms with Gasteiger partial charge in [-0.3, -0.25) is 9.59 Å². The molecule has 1 aliphatic heterocycles. The molecule has 1 heterocycles. The molecule has 3 N–H and O–H groups in total. The number of nitrogens with zero attached hydrogens (tertiary/aromatic N) is 1. The molecule has 2 fully saturated rings. The van der Waals surface area contributed by atoms with Crippen molar-refractivity contribution in [2.45, 2.75) is 38.1 Å². The Labute approximate surface area is 160 Å². The van der Waals surface area contributed by atoms with Crippen LogP contribution in [0.25, 0.3) is 0 Å². The van der Waals surface area contributed by atoms with E-state index in [1.54, 1.807) is 0 Å². The minimum absolute atomic E-state index is 0. The number of hydrogen-bond donors (Lipinski definition) is 2. The molecule has 0 radical (unpaired) electrons. The van der Waals surface area contributed by atoms with Crippen LogP contribution in [0.15, 0.2) is 24.3 Å². The van der Waals surface area contributed by atoms with Crippen LogP contribution < -0.4 is 11.1 Å². The number of carbonyl (C=O) groups excluding carboxylic acids is 2. The fraction of sp³-hybridized carbons (Fsp3) is 0.579. The number of halogens is 1. The number of ether oxygens (including phenoxy) is 1. The molecule has 144 valence electrons. The number of hydrogen-bond acceptors (Lipinski definition) is 4. The lowest BCUT2D eigenvalue weighted by atomic mass is 9.85. The lowest BCUT2D eigenvalue weighted by Crippen LogP contribution is -2.41. The second-order valence-electron chi connectivity index (χ2n) is 6.98. The molecule has 0 spiro atoms. The van der Waals surface area contributed by atoms with E-state index in [1.165, 1.54) is 0 Å². The molecule has 1 saturated heterocycles. The third kappa shape index (κ3) is 5.69. The molecule has 0 bridgehead atoms. The average molecular weight is 382 g/mol. The van der Waals surface area contributed by atoms with Crippen molar-refractivity contribution in [2.75, 3.05) is 31.6 Å². The van der Waals surface area contributed by atoms with Gasteiger partial charge < -0.3 is 20.7 Å². The van der Waals surface area contributed by atoms with E-state index in [4.69, 9.17) is 10.5 Å². The minimum atomic E-state index is 0. The van der Waals surface area contributed by atoms with Gasteiger partial charge in [-0.2, -0.15) is 0 Å². The fourth-order valence-electron chi connectivity index (χ4n) is 3.52. The first-order valence-corrected chi connectivity index (χ1v) is 9.13. The van der Waals surface area contributed by atoms with Gasteiger partial charge in [0.15, 0.2) is 0 Å². The summed E-state index contributed by atoms with van der Waals surface area (Å²) in [5, 5.41) is 2.97. The second kappa shape index (κ2) is 9.90. The van der Waals surface area contributed by atoms with Crippen molar-refractivity contribution in [3.05, 3.63) is 29.8 Å². The van der Waals surface area contributed by atoms with Crippen molar-refractivity contribution in [1.29, 1.82) is 0 Å². The van der Waals surface area contributed by atoms with Crippen LogP contribution in [0.1, 0.15) is 31.2 Å². The standard InChI is InChI=1S/C19H27N3O3.ClH/c20-16-3-1-2-15(13-16)19(24)21-17-6-4-14(5-7-17)12-18(23)22-8-10-25-11-9-22;/h4-7,15-16H,1-3,8-13,20H2,(H,21,24);1H. The van der Waals surface area contributed by atoms with Crippen molar-refractivity contribution >= 4 is 29.9 Å². The summed E-state index contributed by atoms with van der Waals surface area (Å²) in [5.74, 6) is 0.176. The van der Waals surface area contributed by atoms with E-state index in [2.05, 4.69) is 5.32 Å². The first-order chi connectivity index (χ1) is 12.1. The van der Waals surface area contributed by atoms with Gasteiger partial charge in [-0.15, -0.1) is 12.4 Å². The number of morpholine rings is 1. The third-order valence-corrected chi connectivity index (χ3v) is 5.03. The van der Waals surface area contributed by atoms with Crippen molar-refractivity contribution < 1.29 is 14.3 Å². The van der Waals surface area contributed by atoms with Crippen molar-refractivity contribution in [2.24, 2.45) is 11.7 Å². The summed E-state index contributed by atoms with van der Waals surface area (Å²) in [6.45, 7) is 2.55. The predicted molar refractivity (Wildman–Crippen MR) is 103 cm³/mol. The van der Waals surface area contributed by atoms with Gasteiger partial charge in [0.25, 0.3) is 0 Å². The van der Waals surface area contributed by atoms with E-state index in [0.29, 0.717) is 32.7 Å². The van der Waals surface area contributed by atoms with Crippen LogP contribution >= 0.6 is 12.4 Å². The number of anilines is 1. The maximum absolute atomic E-state index is 12.3. The summed E-state index contributed by atoms with van der Waals surface area (Å²) < 4.78 is 5.27. The van der Waals surface area contributed by atoms with Crippen LogP contribution in [-0.4, -0.2) is 49.1 Å². The van der Waals surface area contributed by atoms with Gasteiger partial charge in [-0.1, -0.05) is 18.6 Å². The zero-order valence-electron chi connectivity index (χ0n) is 15.0. The van der Waals surface area contributed by atoms with E-state index in [0.717, 1.165) is 36.9 Å². The number of amides is 2. The molecule has 7 heteroatoms. The van der Waals surface area contributed by atoms with E-state index >= 15 is 0 Å². The Morgan fingerprint density at radius 2 is 1.85 bits per heavy atom. The minimum Gasteiger partial charge on any atom is -0.378 e. The van der Waals surface area contributed by atoms with E-state index in [-0.39, 0.29) is 36.2 Å². The van der Waals surface area contributed by atoms with Gasteiger partial charge in [0, 0.05) is 30.7 Å². The van der Waals surface area contributed by atoms with Gasteiger partial charge in [0.05, 0.1) is 19.6 Å². The molecule has 2 unspecified atom stereocenters. The molecule has 6 nitrogen and oxygen atoms in total. The van der Waals surface area contributed by atoms with Crippen molar-refractivity contribution in [3.63, 3.8) is 0 Å². The highest BCUT2D eigenvalue weighted by atomic mass is 35.5. The lowest BCUT2D eigenvalue weighted by Gasteiger charge is -2.27. The van der Waals surface area contributed by atoms with Gasteiger partial charge in [-0.05, 0) is 37.0 Å². The average Bonchev–Trinajstić information content (AvgIpc) is 2.64. The second-order valence-corrected chi connectivity index (χ2v) is 6.98. The maximum atomic E-state index is 12.3. The van der Waals surface area contributed by atoms with E-state index < -0.39 is 0 Å². The number of nitrogens with two attached hydrogens (primary N) is 1. The quantitative estimate of drug-likeness (QED) is 0.835. The molecular formula is C19H28ClN3O3. The van der Waals surface area contributed by atoms with Gasteiger partial charge in [-0.25, -0.2) is 0 Å². The summed E-state index contributed by atoms with van der Waals surface area (Å²) >= 11 is 0. The van der Waals surface area contributed by atoms with Crippen LogP contribution in [0, 0.1) is 5.92 Å². The van der Waals surface area contributed by atoms with E-state index in [1.807, 2.05) is 29.2 Å². The number of nitrogens with one attached hydrogen (secondary N) is 1. The highest BCUT2D eigenvalue weighted by Crippen LogP contribution is 2.24. The summed E-state index contributed by atoms with van der Waals surface area (Å²) in [7, 11) is 0. The topological polar surface area (TPSA) is 84.7 Å². The number of carbonyl (C=O) groups is 2. The zero-order chi connectivity index (χ0) is 17.6. The van der Waals surface area contributed by atoms with Crippen LogP contribution in [0.5, 0.6) is 0 Å². The van der Waals surface area contributed by atoms with Crippen molar-refractivity contribution in [1.82, 2.24) is 4.90 Å². The Bertz CT molecular complexity index is 603. The first-order valence-electron chi connectivity index (χ1n) is 9.13. The zero-order valence-corrected chi connectivity index (χ0v) is 15.8. The lowest BCUT2D eigenvalue weighted by molar-refractivity contribution is -0.134. The smallest absolute Gasteiger partial charge is 0.227 e. The summed E-state index contributed by atoms with van der Waals surface area (Å²) in [6, 6.07) is 7.67. The molecule has 3 rings (SSSR count). The summed E-state index contributed by atoms with van der Waals surface area (Å²) in [4.78, 5) is 26.4. The van der Waals surface area contributed by atoms with Gasteiger partial charge in [0.1, 0.15) is 0 Å². The SMILES string of the molecule is Cl.NC1CCCC(C(=O)Nc2ccc(CC(=O)N3CCOCC3)cc2)C1. The molecule has 1 aromatic carbocycles. The Balaban J connectivity index is 0.00000243. The normalized spacial score (nSPS) is 23.0. The fourth-order valence-corrected chi connectivity index (χ4v) is 3.52. The Kier molecular flexibility index (Phi) is 7.87. The monoisotopic (exact) mass is 381 g/mol. The Morgan fingerprint density at radius 3 is 2.50 bits per heavy atom. The molecular weight excluding hydrogens is 354 g/mol. The van der Waals surface area contributed by atoms with Crippen LogP contribution in [0.4, 0.5) is 5.69 Å². The molecule has 1 saturated carbocycles. The van der Waals surface area contributed by atoms with Crippen LogP contribution in [-0.2, 0) is 20.7 Å². The third-order valence-electron chi connectivity index (χ3n) is 5.03. The molecule has 1 aromatic rings. The number of benzene rings is 1. The highest BCUT2D eigenvalue weighted by Gasteiger charge is 2.25.